The van der Waals surface area contributed by atoms with Gasteiger partial charge in [-0.05, 0) is 64.6 Å². The molecule has 0 aromatic carbocycles. The Bertz CT molecular complexity index is 885. The fourth-order valence-corrected chi connectivity index (χ4v) is 4.12. The molecular formula is C22H32N6O. The summed E-state index contributed by atoms with van der Waals surface area (Å²) in [7, 11) is 4.00. The number of likely N-dealkylation sites (N-methyl/N-ethyl adjacent to an activating group) is 1. The Labute approximate surface area is 172 Å². The topological polar surface area (TPSA) is 77.1 Å². The molecule has 0 spiro atoms. The minimum absolute atomic E-state index is 0.0924. The maximum absolute atomic E-state index is 12.7. The Balaban J connectivity index is 1.47. The van der Waals surface area contributed by atoms with E-state index in [1.54, 1.807) is 12.4 Å². The third-order valence-electron chi connectivity index (χ3n) is 5.99. The first-order valence-electron chi connectivity index (χ1n) is 10.7. The SMILES string of the molecule is C[C@H]1CC[C@@H](Nc2ncnc3[nH]cc(CC4CC4)c23)CN1C(=O)C=CCN(C)C. The van der Waals surface area contributed by atoms with Gasteiger partial charge in [0.15, 0.2) is 0 Å². The Morgan fingerprint density at radius 2 is 2.14 bits per heavy atom. The maximum atomic E-state index is 12.7. The molecule has 1 aliphatic heterocycles. The predicted molar refractivity (Wildman–Crippen MR) is 116 cm³/mol. The minimum atomic E-state index is 0.0924. The van der Waals surface area contributed by atoms with E-state index >= 15 is 0 Å². The highest BCUT2D eigenvalue weighted by molar-refractivity contribution is 5.91. The van der Waals surface area contributed by atoms with E-state index in [2.05, 4.69) is 33.4 Å². The Hall–Kier alpha value is -2.41. The number of aromatic nitrogens is 3. The number of piperidine rings is 1. The first-order valence-corrected chi connectivity index (χ1v) is 10.7. The minimum Gasteiger partial charge on any atom is -0.365 e. The third kappa shape index (κ3) is 4.78. The monoisotopic (exact) mass is 396 g/mol. The summed E-state index contributed by atoms with van der Waals surface area (Å²) in [4.78, 5) is 29.0. The normalized spacial score (nSPS) is 22.7. The van der Waals surface area contributed by atoms with E-state index in [9.17, 15) is 4.79 Å². The molecule has 2 aliphatic rings. The van der Waals surface area contributed by atoms with E-state index in [1.165, 1.54) is 18.4 Å². The van der Waals surface area contributed by atoms with Crippen molar-refractivity contribution in [3.05, 3.63) is 30.2 Å². The lowest BCUT2D eigenvalue weighted by atomic mass is 9.99. The lowest BCUT2D eigenvalue weighted by molar-refractivity contribution is -0.129. The second kappa shape index (κ2) is 8.53. The average molecular weight is 397 g/mol. The Kier molecular flexibility index (Phi) is 5.85. The number of nitrogens with one attached hydrogen (secondary N) is 2. The van der Waals surface area contributed by atoms with Gasteiger partial charge < -0.3 is 20.1 Å². The first-order chi connectivity index (χ1) is 14.0. The van der Waals surface area contributed by atoms with E-state index in [-0.39, 0.29) is 18.0 Å². The summed E-state index contributed by atoms with van der Waals surface area (Å²) in [6, 6.07) is 0.451. The maximum Gasteiger partial charge on any atom is 0.246 e. The van der Waals surface area contributed by atoms with Crippen LogP contribution in [0.3, 0.4) is 0 Å². The molecule has 2 aromatic heterocycles. The van der Waals surface area contributed by atoms with Crippen molar-refractivity contribution in [3.63, 3.8) is 0 Å². The molecule has 156 valence electrons. The van der Waals surface area contributed by atoms with Gasteiger partial charge in [0.2, 0.25) is 5.91 Å². The number of amides is 1. The van der Waals surface area contributed by atoms with Crippen LogP contribution < -0.4 is 5.32 Å². The Morgan fingerprint density at radius 1 is 1.31 bits per heavy atom. The molecule has 1 aliphatic carbocycles. The molecule has 0 radical (unpaired) electrons. The fraction of sp³-hybridized carbons (Fsp3) is 0.591. The lowest BCUT2D eigenvalue weighted by Crippen LogP contribution is -2.49. The Morgan fingerprint density at radius 3 is 2.90 bits per heavy atom. The average Bonchev–Trinajstić information content (AvgIpc) is 3.41. The van der Waals surface area contributed by atoms with Gasteiger partial charge >= 0.3 is 0 Å². The molecule has 0 bridgehead atoms. The number of nitrogens with zero attached hydrogens (tertiary/aromatic N) is 4. The molecule has 7 heteroatoms. The first kappa shape index (κ1) is 19.9. The van der Waals surface area contributed by atoms with Crippen LogP contribution in [-0.2, 0) is 11.2 Å². The van der Waals surface area contributed by atoms with Crippen molar-refractivity contribution < 1.29 is 4.79 Å². The van der Waals surface area contributed by atoms with E-state index in [0.717, 1.165) is 48.6 Å². The van der Waals surface area contributed by atoms with Gasteiger partial charge in [-0.1, -0.05) is 6.08 Å². The number of hydrogen-bond acceptors (Lipinski definition) is 5. The summed E-state index contributed by atoms with van der Waals surface area (Å²) in [6.07, 6.45) is 13.1. The van der Waals surface area contributed by atoms with Crippen LogP contribution in [0.15, 0.2) is 24.7 Å². The largest absolute Gasteiger partial charge is 0.365 e. The molecule has 7 nitrogen and oxygen atoms in total. The van der Waals surface area contributed by atoms with Crippen molar-refractivity contribution in [1.29, 1.82) is 0 Å². The van der Waals surface area contributed by atoms with Crippen molar-refractivity contribution >= 4 is 22.8 Å². The molecule has 3 heterocycles. The molecule has 2 atom stereocenters. The zero-order valence-corrected chi connectivity index (χ0v) is 17.7. The third-order valence-corrected chi connectivity index (χ3v) is 5.99. The molecule has 1 saturated carbocycles. The number of fused-ring (bicyclic) bond motifs is 1. The van der Waals surface area contributed by atoms with Crippen molar-refractivity contribution in [2.24, 2.45) is 5.92 Å². The second-order valence-corrected chi connectivity index (χ2v) is 8.83. The number of H-pyrrole nitrogens is 1. The quantitative estimate of drug-likeness (QED) is 0.704. The van der Waals surface area contributed by atoms with Gasteiger partial charge in [0.1, 0.15) is 17.8 Å². The van der Waals surface area contributed by atoms with Crippen LogP contribution in [0.5, 0.6) is 0 Å². The lowest BCUT2D eigenvalue weighted by Gasteiger charge is -2.38. The molecule has 0 unspecified atom stereocenters. The van der Waals surface area contributed by atoms with Crippen LogP contribution in [-0.4, -0.2) is 69.9 Å². The van der Waals surface area contributed by atoms with Crippen LogP contribution in [0.25, 0.3) is 11.0 Å². The van der Waals surface area contributed by atoms with Crippen LogP contribution in [0.1, 0.15) is 38.2 Å². The fourth-order valence-electron chi connectivity index (χ4n) is 4.12. The number of anilines is 1. The molecule has 2 fully saturated rings. The summed E-state index contributed by atoms with van der Waals surface area (Å²) in [5.41, 5.74) is 2.19. The van der Waals surface area contributed by atoms with Gasteiger partial charge in [-0.3, -0.25) is 4.79 Å². The summed E-state index contributed by atoms with van der Waals surface area (Å²) in [5, 5.41) is 4.74. The zero-order valence-electron chi connectivity index (χ0n) is 17.7. The highest BCUT2D eigenvalue weighted by atomic mass is 16.2. The molecule has 29 heavy (non-hydrogen) atoms. The summed E-state index contributed by atoms with van der Waals surface area (Å²) < 4.78 is 0. The zero-order chi connectivity index (χ0) is 20.4. The van der Waals surface area contributed by atoms with Crippen LogP contribution in [0, 0.1) is 5.92 Å². The van der Waals surface area contributed by atoms with Crippen molar-refractivity contribution in [1.82, 2.24) is 24.8 Å². The van der Waals surface area contributed by atoms with Gasteiger partial charge in [0.05, 0.1) is 5.39 Å². The van der Waals surface area contributed by atoms with E-state index < -0.39 is 0 Å². The number of likely N-dealkylation sites (tertiary alicyclic amines) is 1. The van der Waals surface area contributed by atoms with Crippen molar-refractivity contribution in [2.45, 2.75) is 51.1 Å². The van der Waals surface area contributed by atoms with E-state index in [1.807, 2.05) is 30.0 Å². The van der Waals surface area contributed by atoms with Gasteiger partial charge in [0.25, 0.3) is 0 Å². The summed E-state index contributed by atoms with van der Waals surface area (Å²) >= 11 is 0. The number of rotatable bonds is 7. The number of carbonyl (C=O) groups excluding carboxylic acids is 1. The van der Waals surface area contributed by atoms with Gasteiger partial charge in [-0.15, -0.1) is 0 Å². The second-order valence-electron chi connectivity index (χ2n) is 8.83. The summed E-state index contributed by atoms with van der Waals surface area (Å²) in [6.45, 7) is 3.60. The van der Waals surface area contributed by atoms with Gasteiger partial charge in [-0.25, -0.2) is 9.97 Å². The van der Waals surface area contributed by atoms with E-state index in [0.29, 0.717) is 6.54 Å². The van der Waals surface area contributed by atoms with Gasteiger partial charge in [-0.2, -0.15) is 0 Å². The predicted octanol–water partition coefficient (Wildman–Crippen LogP) is 2.82. The van der Waals surface area contributed by atoms with E-state index in [4.69, 9.17) is 0 Å². The van der Waals surface area contributed by atoms with Crippen LogP contribution >= 0.6 is 0 Å². The molecule has 1 saturated heterocycles. The standard InChI is InChI=1S/C22H32N6O/c1-15-6-9-18(13-28(15)19(29)5-4-10-27(2)3)26-22-20-17(11-16-7-8-16)12-23-21(20)24-14-25-22/h4-5,12,14-16,18H,6-11,13H2,1-3H3,(H2,23,24,25,26)/t15-,18+/m0/s1. The number of carbonyl (C=O) groups is 1. The summed E-state index contributed by atoms with van der Waals surface area (Å²) in [5.74, 6) is 1.79. The highest BCUT2D eigenvalue weighted by Gasteiger charge is 2.29. The molecule has 2 aromatic rings. The molecular weight excluding hydrogens is 364 g/mol. The number of hydrogen-bond donors (Lipinski definition) is 2. The van der Waals surface area contributed by atoms with Crippen LogP contribution in [0.2, 0.25) is 0 Å². The molecule has 1 amide bonds. The molecule has 2 N–H and O–H groups in total. The number of aromatic amines is 1. The van der Waals surface area contributed by atoms with Crippen LogP contribution in [0.4, 0.5) is 5.82 Å². The van der Waals surface area contributed by atoms with Gasteiger partial charge in [0, 0.05) is 37.4 Å². The highest BCUT2D eigenvalue weighted by Crippen LogP contribution is 2.36. The van der Waals surface area contributed by atoms with Crippen molar-refractivity contribution in [2.75, 3.05) is 32.5 Å². The smallest absolute Gasteiger partial charge is 0.246 e. The van der Waals surface area contributed by atoms with Crippen molar-refractivity contribution in [3.8, 4) is 0 Å². The molecule has 4 rings (SSSR count).